The molecule has 0 saturated heterocycles. The molecule has 138 valence electrons. The second-order valence-corrected chi connectivity index (χ2v) is 7.34. The quantitative estimate of drug-likeness (QED) is 0.737. The Kier molecular flexibility index (Phi) is 6.80. The molecule has 0 atom stereocenters. The van der Waals surface area contributed by atoms with E-state index < -0.39 is 0 Å². The van der Waals surface area contributed by atoms with E-state index in [2.05, 4.69) is 35.1 Å². The molecule has 2 aromatic rings. The third-order valence-electron chi connectivity index (χ3n) is 3.74. The van der Waals surface area contributed by atoms with E-state index in [4.69, 9.17) is 4.74 Å². The molecule has 2 rings (SSSR count). The van der Waals surface area contributed by atoms with Crippen molar-refractivity contribution in [1.29, 1.82) is 0 Å². The molecule has 0 aromatic heterocycles. The molecule has 0 spiro atoms. The Morgan fingerprint density at radius 1 is 1.15 bits per heavy atom. The summed E-state index contributed by atoms with van der Waals surface area (Å²) in [6.07, 6.45) is 0. The Labute approximate surface area is 162 Å². The van der Waals surface area contributed by atoms with Crippen LogP contribution >= 0.6 is 15.9 Å². The Morgan fingerprint density at radius 2 is 1.81 bits per heavy atom. The zero-order valence-corrected chi connectivity index (χ0v) is 17.0. The molecule has 1 N–H and O–H groups in total. The number of amides is 2. The van der Waals surface area contributed by atoms with E-state index in [0.717, 1.165) is 10.2 Å². The number of carbonyl (C=O) groups is 2. The molecule has 0 aliphatic rings. The molecule has 0 radical (unpaired) electrons. The van der Waals surface area contributed by atoms with Crippen molar-refractivity contribution in [3.05, 3.63) is 52.5 Å². The number of ether oxygens (including phenoxy) is 1. The van der Waals surface area contributed by atoms with Crippen molar-refractivity contribution in [2.45, 2.75) is 20.8 Å². The standard InChI is InChI=1S/C20H23BrN2O3/c1-13(2)12-26-19-10-5-15(21)11-18(19)20(25)22-16-6-8-17(9-7-16)23(4)14(3)24/h5-11,13H,12H2,1-4H3,(H,22,25). The molecule has 2 aromatic carbocycles. The zero-order valence-electron chi connectivity index (χ0n) is 15.4. The third kappa shape index (κ3) is 5.33. The Bertz CT molecular complexity index is 788. The number of hydrogen-bond acceptors (Lipinski definition) is 3. The van der Waals surface area contributed by atoms with E-state index in [0.29, 0.717) is 29.5 Å². The van der Waals surface area contributed by atoms with Gasteiger partial charge in [0.15, 0.2) is 0 Å². The van der Waals surface area contributed by atoms with Gasteiger partial charge in [0.2, 0.25) is 5.91 Å². The number of benzene rings is 2. The SMILES string of the molecule is CC(=O)N(C)c1ccc(NC(=O)c2cc(Br)ccc2OCC(C)C)cc1. The fourth-order valence-electron chi connectivity index (χ4n) is 2.21. The first-order chi connectivity index (χ1) is 12.3. The molecule has 2 amide bonds. The van der Waals surface area contributed by atoms with E-state index in [1.54, 1.807) is 43.4 Å². The molecule has 26 heavy (non-hydrogen) atoms. The number of carbonyl (C=O) groups excluding carboxylic acids is 2. The van der Waals surface area contributed by atoms with Crippen molar-refractivity contribution in [2.75, 3.05) is 23.9 Å². The second-order valence-electron chi connectivity index (χ2n) is 6.42. The number of anilines is 2. The highest BCUT2D eigenvalue weighted by atomic mass is 79.9. The van der Waals surface area contributed by atoms with Gasteiger partial charge in [-0.2, -0.15) is 0 Å². The first-order valence-electron chi connectivity index (χ1n) is 8.36. The van der Waals surface area contributed by atoms with Crippen molar-refractivity contribution in [3.63, 3.8) is 0 Å². The van der Waals surface area contributed by atoms with Gasteiger partial charge in [-0.1, -0.05) is 29.8 Å². The molecule has 0 aliphatic heterocycles. The minimum atomic E-state index is -0.252. The Balaban J connectivity index is 2.16. The maximum atomic E-state index is 12.7. The van der Waals surface area contributed by atoms with Crippen molar-refractivity contribution in [2.24, 2.45) is 5.92 Å². The van der Waals surface area contributed by atoms with Gasteiger partial charge in [0.1, 0.15) is 5.75 Å². The molecule has 0 unspecified atom stereocenters. The second kappa shape index (κ2) is 8.85. The van der Waals surface area contributed by atoms with Crippen LogP contribution in [-0.4, -0.2) is 25.5 Å². The van der Waals surface area contributed by atoms with Crippen LogP contribution in [0.5, 0.6) is 5.75 Å². The summed E-state index contributed by atoms with van der Waals surface area (Å²) in [5.74, 6) is 0.605. The molecule has 0 aliphatic carbocycles. The number of hydrogen-bond donors (Lipinski definition) is 1. The summed E-state index contributed by atoms with van der Waals surface area (Å²) in [5.41, 5.74) is 1.87. The van der Waals surface area contributed by atoms with Crippen LogP contribution in [0.2, 0.25) is 0 Å². The summed E-state index contributed by atoms with van der Waals surface area (Å²) in [5, 5.41) is 2.87. The summed E-state index contributed by atoms with van der Waals surface area (Å²) < 4.78 is 6.57. The van der Waals surface area contributed by atoms with Crippen LogP contribution in [0.4, 0.5) is 11.4 Å². The lowest BCUT2D eigenvalue weighted by Crippen LogP contribution is -2.22. The van der Waals surface area contributed by atoms with Crippen LogP contribution in [0.1, 0.15) is 31.1 Å². The van der Waals surface area contributed by atoms with E-state index >= 15 is 0 Å². The number of nitrogens with zero attached hydrogens (tertiary/aromatic N) is 1. The van der Waals surface area contributed by atoms with Crippen molar-refractivity contribution >= 4 is 39.1 Å². The average molecular weight is 419 g/mol. The fourth-order valence-corrected chi connectivity index (χ4v) is 2.57. The molecule has 0 bridgehead atoms. The molecular weight excluding hydrogens is 396 g/mol. The highest BCUT2D eigenvalue weighted by Crippen LogP contribution is 2.25. The highest BCUT2D eigenvalue weighted by Gasteiger charge is 2.15. The molecule has 0 fully saturated rings. The summed E-state index contributed by atoms with van der Waals surface area (Å²) in [6.45, 7) is 6.14. The average Bonchev–Trinajstić information content (AvgIpc) is 2.60. The minimum Gasteiger partial charge on any atom is -0.492 e. The number of rotatable bonds is 6. The normalized spacial score (nSPS) is 10.5. The van der Waals surface area contributed by atoms with Gasteiger partial charge in [0.05, 0.1) is 12.2 Å². The highest BCUT2D eigenvalue weighted by molar-refractivity contribution is 9.10. The lowest BCUT2D eigenvalue weighted by molar-refractivity contribution is -0.116. The lowest BCUT2D eigenvalue weighted by atomic mass is 10.1. The van der Waals surface area contributed by atoms with E-state index in [1.165, 1.54) is 11.8 Å². The van der Waals surface area contributed by atoms with Crippen molar-refractivity contribution in [3.8, 4) is 5.75 Å². The van der Waals surface area contributed by atoms with Crippen LogP contribution in [0.15, 0.2) is 46.9 Å². The molecule has 0 saturated carbocycles. The Morgan fingerprint density at radius 3 is 2.38 bits per heavy atom. The van der Waals surface area contributed by atoms with Gasteiger partial charge in [-0.25, -0.2) is 0 Å². The summed E-state index contributed by atoms with van der Waals surface area (Å²) in [7, 11) is 1.70. The maximum Gasteiger partial charge on any atom is 0.259 e. The van der Waals surface area contributed by atoms with E-state index in [1.807, 2.05) is 6.07 Å². The van der Waals surface area contributed by atoms with Crippen LogP contribution in [0, 0.1) is 5.92 Å². The van der Waals surface area contributed by atoms with Gasteiger partial charge < -0.3 is 15.0 Å². The smallest absolute Gasteiger partial charge is 0.259 e. The topological polar surface area (TPSA) is 58.6 Å². The molecule has 6 heteroatoms. The van der Waals surface area contributed by atoms with Crippen LogP contribution in [0.25, 0.3) is 0 Å². The van der Waals surface area contributed by atoms with Gasteiger partial charge in [-0.15, -0.1) is 0 Å². The summed E-state index contributed by atoms with van der Waals surface area (Å²) in [4.78, 5) is 25.6. The van der Waals surface area contributed by atoms with Gasteiger partial charge in [0, 0.05) is 29.8 Å². The fraction of sp³-hybridized carbons (Fsp3) is 0.300. The molecular formula is C20H23BrN2O3. The zero-order chi connectivity index (χ0) is 19.3. The van der Waals surface area contributed by atoms with Crippen molar-refractivity contribution in [1.82, 2.24) is 0 Å². The van der Waals surface area contributed by atoms with Crippen LogP contribution < -0.4 is 15.0 Å². The van der Waals surface area contributed by atoms with Gasteiger partial charge in [0.25, 0.3) is 5.91 Å². The first-order valence-corrected chi connectivity index (χ1v) is 9.15. The van der Waals surface area contributed by atoms with Gasteiger partial charge >= 0.3 is 0 Å². The van der Waals surface area contributed by atoms with Crippen LogP contribution in [0.3, 0.4) is 0 Å². The number of halogens is 1. The lowest BCUT2D eigenvalue weighted by Gasteiger charge is -2.16. The summed E-state index contributed by atoms with van der Waals surface area (Å²) in [6, 6.07) is 12.5. The largest absolute Gasteiger partial charge is 0.492 e. The van der Waals surface area contributed by atoms with Gasteiger partial charge in [-0.3, -0.25) is 9.59 Å². The minimum absolute atomic E-state index is 0.0529. The van der Waals surface area contributed by atoms with E-state index in [9.17, 15) is 9.59 Å². The predicted octanol–water partition coefficient (Wildman–Crippen LogP) is 4.72. The molecule has 5 nitrogen and oxygen atoms in total. The van der Waals surface area contributed by atoms with Gasteiger partial charge in [-0.05, 0) is 48.4 Å². The Hall–Kier alpha value is -2.34. The predicted molar refractivity (Wildman–Crippen MR) is 108 cm³/mol. The monoisotopic (exact) mass is 418 g/mol. The molecule has 0 heterocycles. The van der Waals surface area contributed by atoms with E-state index in [-0.39, 0.29) is 11.8 Å². The van der Waals surface area contributed by atoms with Crippen molar-refractivity contribution < 1.29 is 14.3 Å². The maximum absolute atomic E-state index is 12.7. The van der Waals surface area contributed by atoms with Crippen LogP contribution in [-0.2, 0) is 4.79 Å². The first kappa shape index (κ1) is 20.0. The number of nitrogens with one attached hydrogen (secondary N) is 1. The summed E-state index contributed by atoms with van der Waals surface area (Å²) >= 11 is 3.40. The third-order valence-corrected chi connectivity index (χ3v) is 4.24.